The van der Waals surface area contributed by atoms with Crippen LogP contribution in [-0.2, 0) is 0 Å². The van der Waals surface area contributed by atoms with Gasteiger partial charge in [0.15, 0.2) is 0 Å². The van der Waals surface area contributed by atoms with E-state index in [2.05, 4.69) is 15.5 Å². The first-order valence-corrected chi connectivity index (χ1v) is 4.77. The van der Waals surface area contributed by atoms with E-state index in [1.165, 1.54) is 0 Å². The number of aliphatic hydroxyl groups is 1. The minimum atomic E-state index is -0.269. The molecule has 0 saturated heterocycles. The third-order valence-corrected chi connectivity index (χ3v) is 2.34. The van der Waals surface area contributed by atoms with Gasteiger partial charge in [-0.05, 0) is 30.9 Å². The molecule has 0 spiro atoms. The van der Waals surface area contributed by atoms with Gasteiger partial charge in [0.1, 0.15) is 11.6 Å². The lowest BCUT2D eigenvalue weighted by atomic mass is 10.2. The number of hydrogen-bond donors (Lipinski definition) is 3. The number of nitrogens with one attached hydrogen (secondary N) is 1. The summed E-state index contributed by atoms with van der Waals surface area (Å²) < 4.78 is 0. The van der Waals surface area contributed by atoms with Crippen molar-refractivity contribution < 1.29 is 5.11 Å². The Bertz CT molecular complexity index is 296. The Morgan fingerprint density at radius 2 is 2.29 bits per heavy atom. The Balaban J connectivity index is 1.82. The summed E-state index contributed by atoms with van der Waals surface area (Å²) in [5.74, 6) is 1.53. The average Bonchev–Trinajstić information content (AvgIpc) is 3.00. The highest BCUT2D eigenvalue weighted by atomic mass is 16.3. The fourth-order valence-corrected chi connectivity index (χ4v) is 1.29. The van der Waals surface area contributed by atoms with Crippen LogP contribution in [0.3, 0.4) is 0 Å². The third kappa shape index (κ3) is 2.32. The molecule has 5 heteroatoms. The molecule has 1 fully saturated rings. The first-order valence-electron chi connectivity index (χ1n) is 4.77. The standard InChI is InChI=1S/C9H14N4O/c10-8-3-4-9(13-12-8)11-5-7(14)6-1-2-6/h3-4,6-7,14H,1-2,5H2,(H2,10,12)(H,11,13). The highest BCUT2D eigenvalue weighted by molar-refractivity contribution is 5.38. The highest BCUT2D eigenvalue weighted by Gasteiger charge is 2.29. The van der Waals surface area contributed by atoms with E-state index in [-0.39, 0.29) is 6.10 Å². The number of aromatic nitrogens is 2. The molecule has 0 radical (unpaired) electrons. The van der Waals surface area contributed by atoms with Crippen LogP contribution in [0.25, 0.3) is 0 Å². The second-order valence-electron chi connectivity index (χ2n) is 3.63. The van der Waals surface area contributed by atoms with Gasteiger partial charge in [-0.1, -0.05) is 0 Å². The van der Waals surface area contributed by atoms with Gasteiger partial charge < -0.3 is 16.2 Å². The van der Waals surface area contributed by atoms with Crippen LogP contribution in [0.1, 0.15) is 12.8 Å². The summed E-state index contributed by atoms with van der Waals surface area (Å²) in [6, 6.07) is 3.43. The van der Waals surface area contributed by atoms with Crippen LogP contribution in [0.2, 0.25) is 0 Å². The number of nitrogens with two attached hydrogens (primary N) is 1. The van der Waals surface area contributed by atoms with E-state index in [1.54, 1.807) is 12.1 Å². The Hall–Kier alpha value is -1.36. The highest BCUT2D eigenvalue weighted by Crippen LogP contribution is 2.32. The molecule has 1 aromatic rings. The number of aliphatic hydroxyl groups excluding tert-OH is 1. The molecule has 4 N–H and O–H groups in total. The van der Waals surface area contributed by atoms with Crippen LogP contribution >= 0.6 is 0 Å². The van der Waals surface area contributed by atoms with Crippen LogP contribution in [0.15, 0.2) is 12.1 Å². The van der Waals surface area contributed by atoms with Crippen molar-refractivity contribution in [2.24, 2.45) is 5.92 Å². The molecule has 0 amide bonds. The van der Waals surface area contributed by atoms with Crippen LogP contribution < -0.4 is 11.1 Å². The number of nitrogen functional groups attached to an aromatic ring is 1. The quantitative estimate of drug-likeness (QED) is 0.639. The molecule has 5 nitrogen and oxygen atoms in total. The van der Waals surface area contributed by atoms with Crippen molar-refractivity contribution in [3.63, 3.8) is 0 Å². The third-order valence-electron chi connectivity index (χ3n) is 2.34. The number of hydrogen-bond acceptors (Lipinski definition) is 5. The molecule has 1 saturated carbocycles. The fourth-order valence-electron chi connectivity index (χ4n) is 1.29. The van der Waals surface area contributed by atoms with Crippen molar-refractivity contribution in [2.45, 2.75) is 18.9 Å². The molecule has 2 rings (SSSR count). The maximum absolute atomic E-state index is 9.57. The molecule has 1 atom stereocenters. The van der Waals surface area contributed by atoms with Crippen molar-refractivity contribution in [1.29, 1.82) is 0 Å². The van der Waals surface area contributed by atoms with Crippen LogP contribution in [0, 0.1) is 5.92 Å². The number of rotatable bonds is 4. The molecule has 0 aliphatic heterocycles. The van der Waals surface area contributed by atoms with Gasteiger partial charge in [-0.2, -0.15) is 0 Å². The van der Waals surface area contributed by atoms with Crippen molar-refractivity contribution in [2.75, 3.05) is 17.6 Å². The Labute approximate surface area is 82.3 Å². The lowest BCUT2D eigenvalue weighted by Crippen LogP contribution is -2.21. The molecule has 1 aliphatic carbocycles. The van der Waals surface area contributed by atoms with E-state index < -0.39 is 0 Å². The lowest BCUT2D eigenvalue weighted by Gasteiger charge is -2.10. The van der Waals surface area contributed by atoms with Crippen molar-refractivity contribution >= 4 is 11.6 Å². The molecule has 14 heavy (non-hydrogen) atoms. The van der Waals surface area contributed by atoms with Gasteiger partial charge >= 0.3 is 0 Å². The largest absolute Gasteiger partial charge is 0.391 e. The van der Waals surface area contributed by atoms with Gasteiger partial charge in [-0.15, -0.1) is 10.2 Å². The zero-order valence-electron chi connectivity index (χ0n) is 7.85. The molecule has 0 aromatic carbocycles. The van der Waals surface area contributed by atoms with Gasteiger partial charge in [0.05, 0.1) is 6.10 Å². The smallest absolute Gasteiger partial charge is 0.148 e. The maximum atomic E-state index is 9.57. The number of nitrogens with zero attached hydrogens (tertiary/aromatic N) is 2. The van der Waals surface area contributed by atoms with Gasteiger partial charge in [-0.25, -0.2) is 0 Å². The summed E-state index contributed by atoms with van der Waals surface area (Å²) >= 11 is 0. The van der Waals surface area contributed by atoms with E-state index in [4.69, 9.17) is 5.73 Å². The van der Waals surface area contributed by atoms with Gasteiger partial charge in [0.25, 0.3) is 0 Å². The summed E-state index contributed by atoms with van der Waals surface area (Å²) in [5.41, 5.74) is 5.39. The van der Waals surface area contributed by atoms with Gasteiger partial charge in [0, 0.05) is 6.54 Å². The summed E-state index contributed by atoms with van der Waals surface area (Å²) in [6.45, 7) is 0.531. The number of anilines is 2. The Morgan fingerprint density at radius 3 is 2.86 bits per heavy atom. The molecule has 1 aliphatic rings. The van der Waals surface area contributed by atoms with E-state index in [0.29, 0.717) is 24.1 Å². The molecule has 1 heterocycles. The first-order chi connectivity index (χ1) is 6.75. The zero-order chi connectivity index (χ0) is 9.97. The molecule has 1 unspecified atom stereocenters. The second kappa shape index (κ2) is 3.79. The summed E-state index contributed by atoms with van der Waals surface area (Å²) in [5, 5.41) is 20.1. The zero-order valence-corrected chi connectivity index (χ0v) is 7.85. The van der Waals surface area contributed by atoms with E-state index in [9.17, 15) is 5.11 Å². The Kier molecular flexibility index (Phi) is 2.49. The molecular weight excluding hydrogens is 180 g/mol. The lowest BCUT2D eigenvalue weighted by molar-refractivity contribution is 0.164. The predicted octanol–water partition coefficient (Wildman–Crippen LogP) is 0.242. The van der Waals surface area contributed by atoms with Crippen molar-refractivity contribution in [1.82, 2.24) is 10.2 Å². The van der Waals surface area contributed by atoms with E-state index in [0.717, 1.165) is 12.8 Å². The molecule has 1 aromatic heterocycles. The molecule has 0 bridgehead atoms. The van der Waals surface area contributed by atoms with Crippen molar-refractivity contribution in [3.8, 4) is 0 Å². The first kappa shape index (κ1) is 9.21. The molecule has 76 valence electrons. The topological polar surface area (TPSA) is 84.1 Å². The monoisotopic (exact) mass is 194 g/mol. The van der Waals surface area contributed by atoms with Gasteiger partial charge in [-0.3, -0.25) is 0 Å². The SMILES string of the molecule is Nc1ccc(NCC(O)C2CC2)nn1. The Morgan fingerprint density at radius 1 is 1.50 bits per heavy atom. The maximum Gasteiger partial charge on any atom is 0.148 e. The minimum absolute atomic E-state index is 0.269. The van der Waals surface area contributed by atoms with Crippen molar-refractivity contribution in [3.05, 3.63) is 12.1 Å². The van der Waals surface area contributed by atoms with E-state index >= 15 is 0 Å². The summed E-state index contributed by atoms with van der Waals surface area (Å²) in [6.07, 6.45) is 2.00. The van der Waals surface area contributed by atoms with E-state index in [1.807, 2.05) is 0 Å². The van der Waals surface area contributed by atoms with Gasteiger partial charge in [0.2, 0.25) is 0 Å². The average molecular weight is 194 g/mol. The minimum Gasteiger partial charge on any atom is -0.391 e. The summed E-state index contributed by atoms with van der Waals surface area (Å²) in [7, 11) is 0. The fraction of sp³-hybridized carbons (Fsp3) is 0.556. The van der Waals surface area contributed by atoms with Crippen LogP contribution in [-0.4, -0.2) is 28.0 Å². The summed E-state index contributed by atoms with van der Waals surface area (Å²) in [4.78, 5) is 0. The van der Waals surface area contributed by atoms with Crippen LogP contribution in [0.4, 0.5) is 11.6 Å². The normalized spacial score (nSPS) is 17.8. The predicted molar refractivity (Wildman–Crippen MR) is 53.7 cm³/mol. The van der Waals surface area contributed by atoms with Crippen LogP contribution in [0.5, 0.6) is 0 Å². The second-order valence-corrected chi connectivity index (χ2v) is 3.63. The molecular formula is C9H14N4O.